The fourth-order valence-electron chi connectivity index (χ4n) is 2.17. The summed E-state index contributed by atoms with van der Waals surface area (Å²) in [4.78, 5) is 1.40. The van der Waals surface area contributed by atoms with Crippen molar-refractivity contribution >= 4 is 39.6 Å². The van der Waals surface area contributed by atoms with Crippen molar-refractivity contribution < 1.29 is 0 Å². The summed E-state index contributed by atoms with van der Waals surface area (Å²) in [6.45, 7) is 0.911. The van der Waals surface area contributed by atoms with Gasteiger partial charge in [-0.1, -0.05) is 59.5 Å². The topological polar surface area (TPSA) is 37.8 Å². The van der Waals surface area contributed by atoms with E-state index in [0.717, 1.165) is 41.0 Å². The maximum absolute atomic E-state index is 4.25. The average molecular weight is 362 g/mol. The van der Waals surface area contributed by atoms with Crippen LogP contribution in [0.25, 0.3) is 0 Å². The Hall–Kier alpha value is -1.37. The Morgan fingerprint density at radius 1 is 1.00 bits per heavy atom. The number of anilines is 1. The first-order valence-electron chi connectivity index (χ1n) is 7.66. The molecule has 2 aromatic heterocycles. The van der Waals surface area contributed by atoms with Crippen molar-refractivity contribution in [1.29, 1.82) is 0 Å². The van der Waals surface area contributed by atoms with Crippen LogP contribution in [0.4, 0.5) is 5.13 Å². The van der Waals surface area contributed by atoms with Crippen LogP contribution in [0.15, 0.2) is 52.2 Å². The van der Waals surface area contributed by atoms with E-state index in [1.54, 1.807) is 34.4 Å². The van der Waals surface area contributed by atoms with E-state index >= 15 is 0 Å². The minimum atomic E-state index is 0.911. The van der Waals surface area contributed by atoms with Gasteiger partial charge < -0.3 is 5.32 Å². The van der Waals surface area contributed by atoms with Gasteiger partial charge in [0, 0.05) is 17.2 Å². The molecule has 0 radical (unpaired) electrons. The molecular weight excluding hydrogens is 342 g/mol. The summed E-state index contributed by atoms with van der Waals surface area (Å²) in [5.41, 5.74) is 1.40. The zero-order valence-corrected chi connectivity index (χ0v) is 15.2. The molecule has 1 aromatic carbocycles. The lowest BCUT2D eigenvalue weighted by Crippen LogP contribution is -2.03. The van der Waals surface area contributed by atoms with Gasteiger partial charge in [-0.2, -0.15) is 0 Å². The van der Waals surface area contributed by atoms with Gasteiger partial charge in [0.2, 0.25) is 5.13 Å². The smallest absolute Gasteiger partial charge is 0.206 e. The second-order valence-electron chi connectivity index (χ2n) is 5.07. The van der Waals surface area contributed by atoms with Gasteiger partial charge in [-0.25, -0.2) is 0 Å². The highest BCUT2D eigenvalue weighted by Gasteiger charge is 2.04. The Kier molecular flexibility index (Phi) is 6.49. The van der Waals surface area contributed by atoms with Crippen molar-refractivity contribution in [3.8, 4) is 0 Å². The molecule has 1 N–H and O–H groups in total. The number of hydrogen-bond donors (Lipinski definition) is 1. The highest BCUT2D eigenvalue weighted by atomic mass is 32.2. The number of thioether (sulfide) groups is 1. The molecule has 3 aromatic rings. The van der Waals surface area contributed by atoms with Crippen molar-refractivity contribution in [1.82, 2.24) is 10.2 Å². The zero-order chi connectivity index (χ0) is 15.7. The van der Waals surface area contributed by atoms with E-state index in [1.165, 1.54) is 10.4 Å². The van der Waals surface area contributed by atoms with Gasteiger partial charge in [-0.05, 0) is 36.3 Å². The Bertz CT molecular complexity index is 680. The third-order valence-corrected chi connectivity index (χ3v) is 6.35. The predicted molar refractivity (Wildman–Crippen MR) is 102 cm³/mol. The van der Waals surface area contributed by atoms with E-state index in [1.807, 2.05) is 0 Å². The zero-order valence-electron chi connectivity index (χ0n) is 12.8. The number of aromatic nitrogens is 2. The molecule has 0 aliphatic rings. The van der Waals surface area contributed by atoms with Crippen molar-refractivity contribution in [2.24, 2.45) is 0 Å². The fraction of sp³-hybridized carbons (Fsp3) is 0.294. The monoisotopic (exact) mass is 361 g/mol. The first-order chi connectivity index (χ1) is 11.4. The van der Waals surface area contributed by atoms with E-state index in [9.17, 15) is 0 Å². The summed E-state index contributed by atoms with van der Waals surface area (Å²) in [7, 11) is 0. The molecule has 0 unspecified atom stereocenters. The molecule has 0 aliphatic heterocycles. The van der Waals surface area contributed by atoms with E-state index in [2.05, 4.69) is 63.4 Å². The normalized spacial score (nSPS) is 10.8. The minimum Gasteiger partial charge on any atom is -0.360 e. The quantitative estimate of drug-likeness (QED) is 0.431. The van der Waals surface area contributed by atoms with Crippen LogP contribution in [0, 0.1) is 0 Å². The largest absolute Gasteiger partial charge is 0.360 e. The first kappa shape index (κ1) is 16.5. The van der Waals surface area contributed by atoms with Crippen LogP contribution in [0.3, 0.4) is 0 Å². The van der Waals surface area contributed by atoms with Gasteiger partial charge in [0.1, 0.15) is 0 Å². The number of thiophene rings is 1. The second-order valence-corrected chi connectivity index (χ2v) is 8.42. The number of nitrogens with one attached hydrogen (secondary N) is 1. The maximum atomic E-state index is 4.25. The van der Waals surface area contributed by atoms with Crippen LogP contribution < -0.4 is 5.32 Å². The molecule has 0 saturated carbocycles. The van der Waals surface area contributed by atoms with E-state index in [4.69, 9.17) is 0 Å². The fourth-order valence-corrected chi connectivity index (χ4v) is 4.66. The predicted octanol–water partition coefficient (Wildman–Crippen LogP) is 4.98. The molecule has 0 spiro atoms. The number of hydrogen-bond acceptors (Lipinski definition) is 6. The Balaban J connectivity index is 1.34. The van der Waals surface area contributed by atoms with Crippen LogP contribution in [0.2, 0.25) is 0 Å². The Morgan fingerprint density at radius 3 is 2.74 bits per heavy atom. The van der Waals surface area contributed by atoms with Gasteiger partial charge in [0.25, 0.3) is 0 Å². The number of nitrogens with zero attached hydrogens (tertiary/aromatic N) is 2. The molecule has 120 valence electrons. The average Bonchev–Trinajstić information content (AvgIpc) is 3.25. The summed E-state index contributed by atoms with van der Waals surface area (Å²) in [6.07, 6.45) is 3.32. The molecule has 0 aliphatic carbocycles. The third kappa shape index (κ3) is 5.64. The second kappa shape index (κ2) is 9.05. The van der Waals surface area contributed by atoms with Crippen molar-refractivity contribution in [3.63, 3.8) is 0 Å². The summed E-state index contributed by atoms with van der Waals surface area (Å²) in [5, 5.41) is 14.9. The molecule has 0 saturated heterocycles. The maximum Gasteiger partial charge on any atom is 0.206 e. The molecule has 23 heavy (non-hydrogen) atoms. The lowest BCUT2D eigenvalue weighted by molar-refractivity contribution is 0.929. The summed E-state index contributed by atoms with van der Waals surface area (Å²) >= 11 is 5.25. The summed E-state index contributed by atoms with van der Waals surface area (Å²) in [6, 6.07) is 14.9. The molecule has 0 bridgehead atoms. The summed E-state index contributed by atoms with van der Waals surface area (Å²) in [5.74, 6) is 1.08. The lowest BCUT2D eigenvalue weighted by atomic mass is 10.1. The highest BCUT2D eigenvalue weighted by molar-refractivity contribution is 8.01. The van der Waals surface area contributed by atoms with Crippen molar-refractivity contribution in [2.45, 2.75) is 23.6 Å². The van der Waals surface area contributed by atoms with E-state index in [0.29, 0.717) is 0 Å². The van der Waals surface area contributed by atoms with E-state index in [-0.39, 0.29) is 0 Å². The van der Waals surface area contributed by atoms with Crippen LogP contribution in [-0.2, 0) is 12.8 Å². The molecule has 3 nitrogen and oxygen atoms in total. The molecule has 0 amide bonds. The van der Waals surface area contributed by atoms with Crippen LogP contribution in [0.5, 0.6) is 0 Å². The highest BCUT2D eigenvalue weighted by Crippen LogP contribution is 2.26. The third-order valence-electron chi connectivity index (χ3n) is 3.31. The molecule has 2 heterocycles. The van der Waals surface area contributed by atoms with Gasteiger partial charge in [-0.3, -0.25) is 0 Å². The van der Waals surface area contributed by atoms with Gasteiger partial charge in [0.15, 0.2) is 4.34 Å². The van der Waals surface area contributed by atoms with Crippen LogP contribution >= 0.6 is 34.4 Å². The molecule has 6 heteroatoms. The van der Waals surface area contributed by atoms with Crippen LogP contribution in [-0.4, -0.2) is 22.5 Å². The number of benzene rings is 1. The van der Waals surface area contributed by atoms with Crippen LogP contribution in [0.1, 0.15) is 16.9 Å². The molecular formula is C17H19N3S3. The number of rotatable bonds is 9. The van der Waals surface area contributed by atoms with Crippen molar-refractivity contribution in [2.75, 3.05) is 17.6 Å². The van der Waals surface area contributed by atoms with Gasteiger partial charge in [0.05, 0.1) is 0 Å². The lowest BCUT2D eigenvalue weighted by Gasteiger charge is -2.00. The Morgan fingerprint density at radius 2 is 1.91 bits per heavy atom. The molecule has 0 fully saturated rings. The van der Waals surface area contributed by atoms with Crippen molar-refractivity contribution in [3.05, 3.63) is 58.3 Å². The van der Waals surface area contributed by atoms with Gasteiger partial charge >= 0.3 is 0 Å². The SMILES string of the molecule is c1ccc(CCCSc2nnc(NCCc3cccs3)s2)cc1. The number of aryl methyl sites for hydroxylation is 1. The Labute approximate surface area is 149 Å². The standard InChI is InChI=1S/C17H19N3S3/c1-2-6-14(7-3-1)8-4-13-22-17-20-19-16(23-17)18-11-10-15-9-5-12-21-15/h1-3,5-7,9,12H,4,8,10-11,13H2,(H,18,19). The van der Waals surface area contributed by atoms with E-state index < -0.39 is 0 Å². The molecule has 0 atom stereocenters. The summed E-state index contributed by atoms with van der Waals surface area (Å²) < 4.78 is 1.05. The molecule has 3 rings (SSSR count). The minimum absolute atomic E-state index is 0.911. The van der Waals surface area contributed by atoms with Gasteiger partial charge in [-0.15, -0.1) is 21.5 Å². The first-order valence-corrected chi connectivity index (χ1v) is 10.3.